The third kappa shape index (κ3) is 3.72. The number of benzene rings is 1. The maximum atomic E-state index is 11.9. The lowest BCUT2D eigenvalue weighted by atomic mass is 9.85. The Morgan fingerprint density at radius 3 is 2.60 bits per heavy atom. The molecule has 1 heterocycles. The van der Waals surface area contributed by atoms with Crippen molar-refractivity contribution in [3.63, 3.8) is 0 Å². The van der Waals surface area contributed by atoms with Crippen LogP contribution in [0.5, 0.6) is 5.75 Å². The van der Waals surface area contributed by atoms with Crippen LogP contribution in [0.15, 0.2) is 6.07 Å². The van der Waals surface area contributed by atoms with Gasteiger partial charge in [0.25, 0.3) is 0 Å². The van der Waals surface area contributed by atoms with Crippen molar-refractivity contribution in [2.75, 3.05) is 6.61 Å². The molecule has 2 atom stereocenters. The number of unbranched alkanes of at least 4 members (excludes halogenated alkanes) is 1. The Balaban J connectivity index is 2.32. The average Bonchev–Trinajstić information content (AvgIpc) is 2.54. The van der Waals surface area contributed by atoms with Crippen molar-refractivity contribution >= 4 is 12.1 Å². The molecule has 0 saturated heterocycles. The van der Waals surface area contributed by atoms with Crippen LogP contribution in [0.3, 0.4) is 0 Å². The van der Waals surface area contributed by atoms with Gasteiger partial charge in [-0.1, -0.05) is 19.4 Å². The minimum absolute atomic E-state index is 0.251. The highest BCUT2D eigenvalue weighted by Gasteiger charge is 2.51. The van der Waals surface area contributed by atoms with Gasteiger partial charge >= 0.3 is 12.1 Å². The number of hydrogen-bond acceptors (Lipinski definition) is 5. The molecule has 0 aliphatic carbocycles. The van der Waals surface area contributed by atoms with Crippen molar-refractivity contribution in [1.82, 2.24) is 0 Å². The lowest BCUT2D eigenvalue weighted by Crippen LogP contribution is -2.57. The maximum Gasteiger partial charge on any atom is 0.508 e. The molecule has 25 heavy (non-hydrogen) atoms. The summed E-state index contributed by atoms with van der Waals surface area (Å²) in [5, 5.41) is 9.69. The Labute approximate surface area is 148 Å². The number of carbonyl (C=O) groups is 2. The van der Waals surface area contributed by atoms with E-state index in [9.17, 15) is 14.7 Å². The molecule has 0 fully saturated rings. The highest BCUT2D eigenvalue weighted by atomic mass is 16.7. The predicted octanol–water partition coefficient (Wildman–Crippen LogP) is 3.71. The second-order valence-corrected chi connectivity index (χ2v) is 6.72. The van der Waals surface area contributed by atoms with E-state index in [1.54, 1.807) is 0 Å². The molecule has 2 rings (SSSR count). The zero-order valence-electron chi connectivity index (χ0n) is 15.5. The highest BCUT2D eigenvalue weighted by molar-refractivity contribution is 5.80. The van der Waals surface area contributed by atoms with Crippen LogP contribution < -0.4 is 4.74 Å². The zero-order chi connectivity index (χ0) is 18.8. The minimum Gasteiger partial charge on any atom is -0.478 e. The van der Waals surface area contributed by atoms with Gasteiger partial charge in [-0.3, -0.25) is 0 Å². The molecule has 0 spiro atoms. The van der Waals surface area contributed by atoms with Crippen LogP contribution in [-0.2, 0) is 20.7 Å². The molecule has 1 aliphatic heterocycles. The average molecular weight is 350 g/mol. The molecule has 0 amide bonds. The lowest BCUT2D eigenvalue weighted by Gasteiger charge is -2.39. The Morgan fingerprint density at radius 2 is 2.00 bits per heavy atom. The number of fused-ring (bicyclic) bond motifs is 1. The second-order valence-electron chi connectivity index (χ2n) is 6.72. The molecule has 1 aromatic rings. The van der Waals surface area contributed by atoms with Crippen molar-refractivity contribution in [2.45, 2.75) is 65.6 Å². The van der Waals surface area contributed by atoms with Gasteiger partial charge in [-0.15, -0.1) is 0 Å². The van der Waals surface area contributed by atoms with Gasteiger partial charge in [0.05, 0.1) is 6.61 Å². The fourth-order valence-corrected chi connectivity index (χ4v) is 2.94. The first kappa shape index (κ1) is 19.1. The summed E-state index contributed by atoms with van der Waals surface area (Å²) >= 11 is 0. The smallest absolute Gasteiger partial charge is 0.478 e. The Bertz CT molecular complexity index is 681. The van der Waals surface area contributed by atoms with Crippen molar-refractivity contribution in [3.8, 4) is 5.75 Å². The molecular formula is C19H26O6. The third-order valence-corrected chi connectivity index (χ3v) is 4.81. The number of aryl methyl sites for hydroxylation is 2. The number of ether oxygens (including phenoxy) is 3. The van der Waals surface area contributed by atoms with Crippen LogP contribution in [0.2, 0.25) is 0 Å². The van der Waals surface area contributed by atoms with Gasteiger partial charge in [-0.2, -0.15) is 0 Å². The lowest BCUT2D eigenvalue weighted by molar-refractivity contribution is -0.167. The Kier molecular flexibility index (Phi) is 5.60. The minimum atomic E-state index is -1.66. The summed E-state index contributed by atoms with van der Waals surface area (Å²) in [4.78, 5) is 23.8. The topological polar surface area (TPSA) is 82.1 Å². The number of hydrogen-bond donors (Lipinski definition) is 1. The Hall–Kier alpha value is -2.24. The maximum absolute atomic E-state index is 11.9. The zero-order valence-corrected chi connectivity index (χ0v) is 15.5. The van der Waals surface area contributed by atoms with Crippen LogP contribution in [0.4, 0.5) is 4.79 Å². The van der Waals surface area contributed by atoms with Gasteiger partial charge in [0.2, 0.25) is 5.60 Å². The normalized spacial score (nSPS) is 21.9. The van der Waals surface area contributed by atoms with Gasteiger partial charge in [-0.05, 0) is 50.8 Å². The van der Waals surface area contributed by atoms with E-state index in [1.807, 2.05) is 33.8 Å². The predicted molar refractivity (Wildman–Crippen MR) is 92.2 cm³/mol. The molecule has 0 saturated carbocycles. The first-order chi connectivity index (χ1) is 11.7. The number of carboxylic acids is 1. The first-order valence-electron chi connectivity index (χ1n) is 8.56. The molecule has 0 bridgehead atoms. The van der Waals surface area contributed by atoms with E-state index >= 15 is 0 Å². The second kappa shape index (κ2) is 7.33. The molecule has 138 valence electrons. The Morgan fingerprint density at radius 1 is 1.32 bits per heavy atom. The van der Waals surface area contributed by atoms with Gasteiger partial charge in [0.15, 0.2) is 6.10 Å². The van der Waals surface area contributed by atoms with E-state index in [1.165, 1.54) is 6.92 Å². The largest absolute Gasteiger partial charge is 0.508 e. The molecule has 6 heteroatoms. The van der Waals surface area contributed by atoms with Crippen molar-refractivity contribution in [2.24, 2.45) is 0 Å². The van der Waals surface area contributed by atoms with Crippen LogP contribution >= 0.6 is 0 Å². The van der Waals surface area contributed by atoms with Crippen LogP contribution in [0.1, 0.15) is 48.9 Å². The van der Waals surface area contributed by atoms with Gasteiger partial charge < -0.3 is 19.3 Å². The summed E-state index contributed by atoms with van der Waals surface area (Å²) in [6.07, 6.45) is 0.0607. The summed E-state index contributed by atoms with van der Waals surface area (Å²) in [6.45, 7) is 9.46. The molecule has 2 unspecified atom stereocenters. The molecule has 1 aliphatic rings. The van der Waals surface area contributed by atoms with E-state index in [2.05, 4.69) is 0 Å². The van der Waals surface area contributed by atoms with E-state index in [4.69, 9.17) is 14.2 Å². The summed E-state index contributed by atoms with van der Waals surface area (Å²) in [7, 11) is 0. The van der Waals surface area contributed by atoms with Crippen molar-refractivity contribution in [1.29, 1.82) is 0 Å². The summed E-state index contributed by atoms with van der Waals surface area (Å²) in [5.74, 6) is -0.607. The monoisotopic (exact) mass is 350 g/mol. The van der Waals surface area contributed by atoms with Crippen LogP contribution in [-0.4, -0.2) is 35.5 Å². The number of rotatable bonds is 5. The third-order valence-electron chi connectivity index (χ3n) is 4.81. The van der Waals surface area contributed by atoms with E-state index < -0.39 is 23.8 Å². The number of carboxylic acid groups (broad SMARTS) is 1. The number of carbonyl (C=O) groups excluding carboxylic acids is 1. The highest BCUT2D eigenvalue weighted by Crippen LogP contribution is 2.40. The molecule has 0 radical (unpaired) electrons. The fraction of sp³-hybridized carbons (Fsp3) is 0.579. The molecule has 0 aromatic heterocycles. The quantitative estimate of drug-likeness (QED) is 0.644. The van der Waals surface area contributed by atoms with Crippen molar-refractivity contribution < 1.29 is 28.9 Å². The van der Waals surface area contributed by atoms with E-state index in [0.29, 0.717) is 5.75 Å². The fourth-order valence-electron chi connectivity index (χ4n) is 2.94. The first-order valence-corrected chi connectivity index (χ1v) is 8.56. The molecule has 1 aromatic carbocycles. The van der Waals surface area contributed by atoms with Gasteiger partial charge in [-0.25, -0.2) is 9.59 Å². The molecular weight excluding hydrogens is 324 g/mol. The summed E-state index contributed by atoms with van der Waals surface area (Å²) in [6, 6.07) is 2.03. The van der Waals surface area contributed by atoms with E-state index in [0.717, 1.165) is 35.1 Å². The SMILES string of the molecule is CCCCOC(=O)OC1Cc2c(C)cc(C)c(C)c2OC1(C)C(=O)O. The van der Waals surface area contributed by atoms with Crippen LogP contribution in [0, 0.1) is 20.8 Å². The number of aliphatic carboxylic acids is 1. The summed E-state index contributed by atoms with van der Waals surface area (Å²) in [5.41, 5.74) is 2.12. The molecule has 1 N–H and O–H groups in total. The van der Waals surface area contributed by atoms with Gasteiger partial charge in [0, 0.05) is 12.0 Å². The molecule has 6 nitrogen and oxygen atoms in total. The van der Waals surface area contributed by atoms with Gasteiger partial charge in [0.1, 0.15) is 5.75 Å². The van der Waals surface area contributed by atoms with Crippen LogP contribution in [0.25, 0.3) is 0 Å². The standard InChI is InChI=1S/C19H26O6/c1-6-7-8-23-18(22)24-15-10-14-12(3)9-11(2)13(4)16(14)25-19(15,5)17(20)21/h9,15H,6-8,10H2,1-5H3,(H,20,21). The summed E-state index contributed by atoms with van der Waals surface area (Å²) < 4.78 is 16.2. The van der Waals surface area contributed by atoms with Crippen molar-refractivity contribution in [3.05, 3.63) is 28.3 Å². The van der Waals surface area contributed by atoms with E-state index in [-0.39, 0.29) is 13.0 Å².